The zero-order valence-corrected chi connectivity index (χ0v) is 12.2. The molecule has 0 aromatic carbocycles. The fraction of sp³-hybridized carbons (Fsp3) is 0.538. The number of hydrogen-bond donors (Lipinski definition) is 2. The van der Waals surface area contributed by atoms with Crippen molar-refractivity contribution in [2.24, 2.45) is 5.92 Å². The van der Waals surface area contributed by atoms with E-state index in [2.05, 4.69) is 15.6 Å². The predicted octanol–water partition coefficient (Wildman–Crippen LogP) is 0.950. The molecular formula is C13H22N4O2. The Kier molecular flexibility index (Phi) is 5.57. The summed E-state index contributed by atoms with van der Waals surface area (Å²) in [7, 11) is 7.16. The molecule has 0 saturated carbocycles. The maximum Gasteiger partial charge on any atom is 0.239 e. The minimum absolute atomic E-state index is 0.0660. The first-order valence-electron chi connectivity index (χ1n) is 6.17. The number of carbonyl (C=O) groups is 1. The molecule has 0 fully saturated rings. The second-order valence-corrected chi connectivity index (χ2v) is 4.56. The molecule has 1 aromatic rings. The molecule has 0 aliphatic heterocycles. The van der Waals surface area contributed by atoms with Gasteiger partial charge in [0.2, 0.25) is 11.8 Å². The lowest BCUT2D eigenvalue weighted by atomic mass is 10.1. The summed E-state index contributed by atoms with van der Waals surface area (Å²) in [4.78, 5) is 18.1. The lowest BCUT2D eigenvalue weighted by molar-refractivity contribution is -0.119. The van der Waals surface area contributed by atoms with E-state index < -0.39 is 0 Å². The topological polar surface area (TPSA) is 66.5 Å². The van der Waals surface area contributed by atoms with Gasteiger partial charge in [0, 0.05) is 32.8 Å². The first kappa shape index (κ1) is 15.2. The first-order valence-corrected chi connectivity index (χ1v) is 6.17. The van der Waals surface area contributed by atoms with Gasteiger partial charge in [-0.1, -0.05) is 6.92 Å². The molecule has 106 valence electrons. The maximum atomic E-state index is 12.1. The van der Waals surface area contributed by atoms with E-state index in [0.29, 0.717) is 18.1 Å². The van der Waals surface area contributed by atoms with Crippen molar-refractivity contribution in [3.05, 3.63) is 12.3 Å². The summed E-state index contributed by atoms with van der Waals surface area (Å²) in [6.45, 7) is 2.48. The monoisotopic (exact) mass is 266 g/mol. The highest BCUT2D eigenvalue weighted by Crippen LogP contribution is 2.32. The smallest absolute Gasteiger partial charge is 0.239 e. The molecular weight excluding hydrogens is 244 g/mol. The van der Waals surface area contributed by atoms with Crippen LogP contribution in [0.1, 0.15) is 6.92 Å². The van der Waals surface area contributed by atoms with Gasteiger partial charge < -0.3 is 20.3 Å². The normalized spacial score (nSPS) is 11.8. The van der Waals surface area contributed by atoms with Crippen LogP contribution in [0.25, 0.3) is 0 Å². The first-order chi connectivity index (χ1) is 9.01. The van der Waals surface area contributed by atoms with E-state index in [1.165, 1.54) is 7.11 Å². The van der Waals surface area contributed by atoms with Crippen LogP contribution < -0.4 is 20.3 Å². The van der Waals surface area contributed by atoms with Crippen LogP contribution in [-0.2, 0) is 4.79 Å². The predicted molar refractivity (Wildman–Crippen MR) is 76.8 cm³/mol. The molecule has 6 nitrogen and oxygen atoms in total. The van der Waals surface area contributed by atoms with Gasteiger partial charge in [-0.2, -0.15) is 0 Å². The van der Waals surface area contributed by atoms with Crippen molar-refractivity contribution in [1.29, 1.82) is 0 Å². The van der Waals surface area contributed by atoms with Crippen LogP contribution in [0.5, 0.6) is 5.88 Å². The fourth-order valence-corrected chi connectivity index (χ4v) is 1.72. The summed E-state index contributed by atoms with van der Waals surface area (Å²) in [5.41, 5.74) is 1.46. The number of pyridine rings is 1. The highest BCUT2D eigenvalue weighted by Gasteiger charge is 2.18. The van der Waals surface area contributed by atoms with Gasteiger partial charge in [-0.15, -0.1) is 0 Å². The van der Waals surface area contributed by atoms with E-state index >= 15 is 0 Å². The van der Waals surface area contributed by atoms with Gasteiger partial charge in [-0.3, -0.25) is 4.79 Å². The fourth-order valence-electron chi connectivity index (χ4n) is 1.72. The minimum Gasteiger partial charge on any atom is -0.479 e. The number of anilines is 2. The Morgan fingerprint density at radius 2 is 2.21 bits per heavy atom. The number of amides is 1. The average molecular weight is 266 g/mol. The number of rotatable bonds is 6. The molecule has 6 heteroatoms. The van der Waals surface area contributed by atoms with Crippen LogP contribution in [-0.4, -0.2) is 45.7 Å². The van der Waals surface area contributed by atoms with E-state index in [4.69, 9.17) is 4.74 Å². The standard InChI is InChI=1S/C13H22N4O2/c1-9(8-14-2)12(18)16-11-10(17(3)4)6-7-15-13(11)19-5/h6-7,9,14H,8H2,1-5H3,(H,16,18). The molecule has 0 spiro atoms. The number of hydrogen-bond acceptors (Lipinski definition) is 5. The van der Waals surface area contributed by atoms with Gasteiger partial charge in [0.25, 0.3) is 0 Å². The van der Waals surface area contributed by atoms with E-state index in [0.717, 1.165) is 5.69 Å². The van der Waals surface area contributed by atoms with Crippen LogP contribution in [0.2, 0.25) is 0 Å². The van der Waals surface area contributed by atoms with Crippen LogP contribution in [0.4, 0.5) is 11.4 Å². The van der Waals surface area contributed by atoms with E-state index in [9.17, 15) is 4.79 Å². The van der Waals surface area contributed by atoms with E-state index in [-0.39, 0.29) is 11.8 Å². The number of carbonyl (C=O) groups excluding carboxylic acids is 1. The molecule has 1 aromatic heterocycles. The molecule has 2 N–H and O–H groups in total. The van der Waals surface area contributed by atoms with Crippen molar-refractivity contribution in [2.45, 2.75) is 6.92 Å². The largest absolute Gasteiger partial charge is 0.479 e. The zero-order valence-electron chi connectivity index (χ0n) is 12.2. The zero-order chi connectivity index (χ0) is 14.4. The van der Waals surface area contributed by atoms with E-state index in [1.807, 2.05) is 39.0 Å². The van der Waals surface area contributed by atoms with Crippen LogP contribution in [0.15, 0.2) is 12.3 Å². The molecule has 0 bridgehead atoms. The van der Waals surface area contributed by atoms with Gasteiger partial charge >= 0.3 is 0 Å². The lowest BCUT2D eigenvalue weighted by Gasteiger charge is -2.20. The van der Waals surface area contributed by atoms with Crippen molar-refractivity contribution in [3.63, 3.8) is 0 Å². The highest BCUT2D eigenvalue weighted by atomic mass is 16.5. The Balaban J connectivity index is 3.01. The SMILES string of the molecule is CNCC(C)C(=O)Nc1c(N(C)C)ccnc1OC. The van der Waals surface area contributed by atoms with Crippen LogP contribution >= 0.6 is 0 Å². The Morgan fingerprint density at radius 3 is 2.74 bits per heavy atom. The number of aromatic nitrogens is 1. The van der Waals surface area contributed by atoms with Crippen molar-refractivity contribution in [3.8, 4) is 5.88 Å². The summed E-state index contributed by atoms with van der Waals surface area (Å²) in [6.07, 6.45) is 1.65. The molecule has 1 unspecified atom stereocenters. The maximum absolute atomic E-state index is 12.1. The van der Waals surface area contributed by atoms with Gasteiger partial charge in [-0.05, 0) is 13.1 Å². The third-order valence-electron chi connectivity index (χ3n) is 2.78. The van der Waals surface area contributed by atoms with Gasteiger partial charge in [0.1, 0.15) is 5.69 Å². The van der Waals surface area contributed by atoms with Crippen molar-refractivity contribution >= 4 is 17.3 Å². The molecule has 0 aliphatic carbocycles. The van der Waals surface area contributed by atoms with Crippen molar-refractivity contribution < 1.29 is 9.53 Å². The summed E-state index contributed by atoms with van der Waals surface area (Å²) in [5, 5.41) is 5.87. The molecule has 0 saturated heterocycles. The van der Waals surface area contributed by atoms with Crippen LogP contribution in [0, 0.1) is 5.92 Å². The quantitative estimate of drug-likeness (QED) is 0.802. The molecule has 1 atom stereocenters. The van der Waals surface area contributed by atoms with Crippen LogP contribution in [0.3, 0.4) is 0 Å². The number of methoxy groups -OCH3 is 1. The third kappa shape index (κ3) is 3.82. The van der Waals surface area contributed by atoms with Gasteiger partial charge in [0.15, 0.2) is 0 Å². The molecule has 1 rings (SSSR count). The lowest BCUT2D eigenvalue weighted by Crippen LogP contribution is -2.29. The Bertz CT molecular complexity index is 435. The number of nitrogens with one attached hydrogen (secondary N) is 2. The second-order valence-electron chi connectivity index (χ2n) is 4.56. The Morgan fingerprint density at radius 1 is 1.53 bits per heavy atom. The summed E-state index contributed by atoms with van der Waals surface area (Å²) in [5.74, 6) is 0.213. The minimum atomic E-state index is -0.134. The Labute approximate surface area is 114 Å². The molecule has 1 heterocycles. The van der Waals surface area contributed by atoms with Crippen molar-refractivity contribution in [2.75, 3.05) is 45.0 Å². The van der Waals surface area contributed by atoms with Gasteiger partial charge in [0.05, 0.1) is 12.8 Å². The van der Waals surface area contributed by atoms with E-state index in [1.54, 1.807) is 6.20 Å². The second kappa shape index (κ2) is 6.94. The number of ether oxygens (including phenoxy) is 1. The van der Waals surface area contributed by atoms with Gasteiger partial charge in [-0.25, -0.2) is 4.98 Å². The third-order valence-corrected chi connectivity index (χ3v) is 2.78. The Hall–Kier alpha value is -1.82. The molecule has 19 heavy (non-hydrogen) atoms. The van der Waals surface area contributed by atoms with Crippen molar-refractivity contribution in [1.82, 2.24) is 10.3 Å². The summed E-state index contributed by atoms with van der Waals surface area (Å²) >= 11 is 0. The average Bonchev–Trinajstić information content (AvgIpc) is 2.38. The molecule has 1 amide bonds. The number of nitrogens with zero attached hydrogens (tertiary/aromatic N) is 2. The molecule has 0 radical (unpaired) electrons. The highest BCUT2D eigenvalue weighted by molar-refractivity contribution is 5.97. The summed E-state index contributed by atoms with van der Waals surface area (Å²) < 4.78 is 5.21. The summed E-state index contributed by atoms with van der Waals surface area (Å²) in [6, 6.07) is 1.83. The molecule has 0 aliphatic rings.